The van der Waals surface area contributed by atoms with Crippen molar-refractivity contribution in [3.8, 4) is 5.75 Å². The van der Waals surface area contributed by atoms with Gasteiger partial charge in [0, 0.05) is 13.7 Å². The van der Waals surface area contributed by atoms with E-state index in [1.54, 1.807) is 5.56 Å². The second-order valence-corrected chi connectivity index (χ2v) is 12.1. The van der Waals surface area contributed by atoms with Gasteiger partial charge in [0.15, 0.2) is 0 Å². The topological polar surface area (TPSA) is 27.7 Å². The number of benzene rings is 3. The van der Waals surface area contributed by atoms with Gasteiger partial charge in [0.25, 0.3) is 0 Å². The summed E-state index contributed by atoms with van der Waals surface area (Å²) in [6.07, 6.45) is 7.60. The Bertz CT molecular complexity index is 1190. The van der Waals surface area contributed by atoms with E-state index in [0.717, 1.165) is 43.6 Å². The molecule has 6 rings (SSSR count). The number of fused-ring (bicyclic) bond motifs is 5. The third kappa shape index (κ3) is 5.03. The van der Waals surface area contributed by atoms with E-state index in [1.807, 2.05) is 7.11 Å². The first-order chi connectivity index (χ1) is 18.7. The Labute approximate surface area is 228 Å². The Hall–Kier alpha value is -2.62. The van der Waals surface area contributed by atoms with Gasteiger partial charge in [-0.05, 0) is 102 Å². The van der Waals surface area contributed by atoms with E-state index in [4.69, 9.17) is 14.2 Å². The highest BCUT2D eigenvalue weighted by Gasteiger charge is 2.58. The van der Waals surface area contributed by atoms with E-state index in [2.05, 4.69) is 85.8 Å². The van der Waals surface area contributed by atoms with Crippen LogP contribution in [-0.4, -0.2) is 19.8 Å². The first-order valence-corrected chi connectivity index (χ1v) is 14.6. The lowest BCUT2D eigenvalue weighted by Gasteiger charge is -2.54. The van der Waals surface area contributed by atoms with Crippen molar-refractivity contribution in [2.45, 2.75) is 70.7 Å². The fourth-order valence-electron chi connectivity index (χ4n) is 8.24. The molecule has 3 aromatic rings. The Balaban J connectivity index is 1.22. The summed E-state index contributed by atoms with van der Waals surface area (Å²) in [5.74, 6) is 3.69. The fraction of sp³-hybridized carbons (Fsp3) is 0.486. The molecule has 1 unspecified atom stereocenters. The highest BCUT2D eigenvalue weighted by molar-refractivity contribution is 5.41. The predicted octanol–water partition coefficient (Wildman–Crippen LogP) is 7.97. The van der Waals surface area contributed by atoms with Gasteiger partial charge in [-0.3, -0.25) is 0 Å². The molecule has 38 heavy (non-hydrogen) atoms. The van der Waals surface area contributed by atoms with Crippen molar-refractivity contribution in [1.29, 1.82) is 0 Å². The van der Waals surface area contributed by atoms with E-state index in [0.29, 0.717) is 24.5 Å². The molecule has 3 nitrogen and oxygen atoms in total. The van der Waals surface area contributed by atoms with Crippen molar-refractivity contribution in [1.82, 2.24) is 0 Å². The van der Waals surface area contributed by atoms with Crippen molar-refractivity contribution >= 4 is 0 Å². The number of aryl methyl sites for hydroxylation is 1. The second kappa shape index (κ2) is 11.2. The molecule has 200 valence electrons. The van der Waals surface area contributed by atoms with Crippen molar-refractivity contribution in [3.63, 3.8) is 0 Å². The molecule has 0 N–H and O–H groups in total. The van der Waals surface area contributed by atoms with Gasteiger partial charge in [-0.1, -0.05) is 73.7 Å². The molecule has 0 saturated heterocycles. The molecule has 0 bridgehead atoms. The second-order valence-electron chi connectivity index (χ2n) is 12.1. The van der Waals surface area contributed by atoms with Crippen molar-refractivity contribution in [2.24, 2.45) is 23.2 Å². The zero-order chi connectivity index (χ0) is 26.0. The number of hydrogen-bond donors (Lipinski definition) is 0. The van der Waals surface area contributed by atoms with Crippen LogP contribution in [0.3, 0.4) is 0 Å². The molecule has 0 heterocycles. The van der Waals surface area contributed by atoms with Gasteiger partial charge in [0.1, 0.15) is 12.4 Å². The Morgan fingerprint density at radius 2 is 1.58 bits per heavy atom. The molecule has 0 aliphatic heterocycles. The lowest BCUT2D eigenvalue weighted by atomic mass is 9.51. The van der Waals surface area contributed by atoms with E-state index in [9.17, 15) is 0 Å². The summed E-state index contributed by atoms with van der Waals surface area (Å²) in [4.78, 5) is 0. The van der Waals surface area contributed by atoms with E-state index < -0.39 is 0 Å². The van der Waals surface area contributed by atoms with Crippen molar-refractivity contribution in [2.75, 3.05) is 13.7 Å². The molecule has 3 aromatic carbocycles. The summed E-state index contributed by atoms with van der Waals surface area (Å²) >= 11 is 0. The first-order valence-electron chi connectivity index (χ1n) is 14.6. The minimum absolute atomic E-state index is 0.241. The van der Waals surface area contributed by atoms with Crippen LogP contribution in [-0.2, 0) is 29.1 Å². The van der Waals surface area contributed by atoms with Gasteiger partial charge in [0.05, 0.1) is 12.7 Å². The standard InChI is InChI=1S/C35H42O3/c1-35-22-28(19-20-36-2)34-30-16-14-29(37-23-25-9-5-3-6-10-25)21-27(30)13-15-31(34)32(35)17-18-33(35)38-24-26-11-7-4-8-12-26/h3-12,14,16,21,28,31-34H,13,15,17-20,22-24H2,1-2H3/t28-,31-,32-,33?,34+,35-/m0/s1. The number of ether oxygens (including phenoxy) is 3. The molecule has 0 spiro atoms. The summed E-state index contributed by atoms with van der Waals surface area (Å²) in [7, 11) is 1.84. The van der Waals surface area contributed by atoms with Gasteiger partial charge in [-0.2, -0.15) is 0 Å². The lowest BCUT2D eigenvalue weighted by molar-refractivity contribution is -0.0894. The molecular formula is C35H42O3. The highest BCUT2D eigenvalue weighted by atomic mass is 16.5. The maximum absolute atomic E-state index is 6.69. The van der Waals surface area contributed by atoms with Gasteiger partial charge < -0.3 is 14.2 Å². The third-order valence-corrected chi connectivity index (χ3v) is 9.97. The summed E-state index contributed by atoms with van der Waals surface area (Å²) in [6.45, 7) is 4.72. The van der Waals surface area contributed by atoms with Crippen LogP contribution < -0.4 is 4.74 Å². The van der Waals surface area contributed by atoms with Crippen molar-refractivity contribution < 1.29 is 14.2 Å². The Kier molecular flexibility index (Phi) is 7.59. The van der Waals surface area contributed by atoms with Crippen LogP contribution in [0.25, 0.3) is 0 Å². The zero-order valence-corrected chi connectivity index (χ0v) is 23.0. The largest absolute Gasteiger partial charge is 0.489 e. The molecule has 0 radical (unpaired) electrons. The molecule has 0 aromatic heterocycles. The smallest absolute Gasteiger partial charge is 0.120 e. The summed E-state index contributed by atoms with van der Waals surface area (Å²) in [5.41, 5.74) is 5.80. The molecule has 3 aliphatic rings. The van der Waals surface area contributed by atoms with E-state index >= 15 is 0 Å². The maximum Gasteiger partial charge on any atom is 0.120 e. The molecule has 3 aliphatic carbocycles. The van der Waals surface area contributed by atoms with Crippen molar-refractivity contribution in [3.05, 3.63) is 101 Å². The third-order valence-electron chi connectivity index (χ3n) is 9.97. The van der Waals surface area contributed by atoms with Crippen LogP contribution in [0.2, 0.25) is 0 Å². The zero-order valence-electron chi connectivity index (χ0n) is 23.0. The van der Waals surface area contributed by atoms with E-state index in [1.165, 1.54) is 42.4 Å². The molecular weight excluding hydrogens is 468 g/mol. The average molecular weight is 511 g/mol. The normalized spacial score (nSPS) is 29.8. The molecule has 0 amide bonds. The Morgan fingerprint density at radius 3 is 2.32 bits per heavy atom. The molecule has 2 fully saturated rings. The summed E-state index contributed by atoms with van der Waals surface area (Å²) in [5, 5.41) is 0. The fourth-order valence-corrected chi connectivity index (χ4v) is 8.24. The Morgan fingerprint density at radius 1 is 0.842 bits per heavy atom. The van der Waals surface area contributed by atoms with Gasteiger partial charge in [-0.15, -0.1) is 0 Å². The van der Waals surface area contributed by atoms with Crippen LogP contribution >= 0.6 is 0 Å². The van der Waals surface area contributed by atoms with Gasteiger partial charge in [0.2, 0.25) is 0 Å². The van der Waals surface area contributed by atoms with Gasteiger partial charge in [-0.25, -0.2) is 0 Å². The first kappa shape index (κ1) is 25.6. The van der Waals surface area contributed by atoms with E-state index in [-0.39, 0.29) is 5.41 Å². The lowest BCUT2D eigenvalue weighted by Crippen LogP contribution is -2.48. The predicted molar refractivity (Wildman–Crippen MR) is 152 cm³/mol. The SMILES string of the molecule is COCC[C@H]1C[C@]2(C)C(OCc3ccccc3)CC[C@H]2[C@@H]2CCc3cc(OCc4ccccc4)ccc3[C@@H]12. The maximum atomic E-state index is 6.69. The minimum atomic E-state index is 0.241. The summed E-state index contributed by atoms with van der Waals surface area (Å²) < 4.78 is 18.5. The monoisotopic (exact) mass is 510 g/mol. The average Bonchev–Trinajstić information content (AvgIpc) is 3.30. The van der Waals surface area contributed by atoms with Crippen LogP contribution in [0.1, 0.15) is 67.2 Å². The number of hydrogen-bond acceptors (Lipinski definition) is 3. The van der Waals surface area contributed by atoms with Crippen LogP contribution in [0.5, 0.6) is 5.75 Å². The molecule has 2 saturated carbocycles. The minimum Gasteiger partial charge on any atom is -0.489 e. The number of rotatable bonds is 9. The highest BCUT2D eigenvalue weighted by Crippen LogP contribution is 2.64. The number of methoxy groups -OCH3 is 1. The van der Waals surface area contributed by atoms with Crippen LogP contribution in [0.4, 0.5) is 0 Å². The molecule has 6 atom stereocenters. The quantitative estimate of drug-likeness (QED) is 0.292. The van der Waals surface area contributed by atoms with Gasteiger partial charge >= 0.3 is 0 Å². The molecule has 3 heteroatoms. The summed E-state index contributed by atoms with van der Waals surface area (Å²) in [6, 6.07) is 28.1. The van der Waals surface area contributed by atoms with Crippen LogP contribution in [0.15, 0.2) is 78.9 Å². The van der Waals surface area contributed by atoms with Crippen LogP contribution in [0, 0.1) is 23.2 Å².